The van der Waals surface area contributed by atoms with Gasteiger partial charge in [0.1, 0.15) is 6.54 Å². The third-order valence-electron chi connectivity index (χ3n) is 0.418. The number of nitroso groups, excluding NO2 is 1. The first kappa shape index (κ1) is 6.91. The Morgan fingerprint density at radius 2 is 2.43 bits per heavy atom. The molecule has 0 unspecified atom stereocenters. The molecule has 0 saturated heterocycles. The van der Waals surface area contributed by atoms with Gasteiger partial charge in [-0.3, -0.25) is 0 Å². The first-order valence-electron chi connectivity index (χ1n) is 1.89. The number of hydrogen-bond donors (Lipinski definition) is 1. The van der Waals surface area contributed by atoms with Crippen LogP contribution in [-0.2, 0) is 4.74 Å². The minimum atomic E-state index is 0.223. The molecule has 0 aliphatic heterocycles. The van der Waals surface area contributed by atoms with E-state index >= 15 is 0 Å². The number of ether oxygens (including phenoxy) is 1. The van der Waals surface area contributed by atoms with Crippen molar-refractivity contribution in [3.63, 3.8) is 0 Å². The number of hydrogen-bond acceptors (Lipinski definition) is 4. The smallest absolute Gasteiger partial charge is 0.104 e. The number of nitrogens with zero attached hydrogens (tertiary/aromatic N) is 1. The molecule has 0 aromatic carbocycles. The summed E-state index contributed by atoms with van der Waals surface area (Å²) in [5.41, 5.74) is 0. The Balaban J connectivity index is 2.56. The summed E-state index contributed by atoms with van der Waals surface area (Å²) >= 11 is 3.73. The van der Waals surface area contributed by atoms with Gasteiger partial charge in [-0.1, -0.05) is 5.18 Å². The van der Waals surface area contributed by atoms with Gasteiger partial charge in [0.2, 0.25) is 0 Å². The van der Waals surface area contributed by atoms with E-state index < -0.39 is 0 Å². The fourth-order valence-corrected chi connectivity index (χ4v) is 0.295. The van der Waals surface area contributed by atoms with Crippen molar-refractivity contribution in [2.75, 3.05) is 19.1 Å². The summed E-state index contributed by atoms with van der Waals surface area (Å²) in [5, 5.41) is 2.56. The van der Waals surface area contributed by atoms with Crippen LogP contribution in [0, 0.1) is 4.91 Å². The summed E-state index contributed by atoms with van der Waals surface area (Å²) in [5.74, 6) is 0.357. The molecular weight excluding hydrogens is 114 g/mol. The largest absolute Gasteiger partial charge is 0.369 e. The zero-order chi connectivity index (χ0) is 5.54. The van der Waals surface area contributed by atoms with Crippen molar-refractivity contribution in [3.8, 4) is 0 Å². The van der Waals surface area contributed by atoms with E-state index in [9.17, 15) is 4.91 Å². The molecule has 0 bridgehead atoms. The van der Waals surface area contributed by atoms with Gasteiger partial charge in [-0.25, -0.2) is 0 Å². The van der Waals surface area contributed by atoms with Gasteiger partial charge in [0, 0.05) is 0 Å². The van der Waals surface area contributed by atoms with E-state index in [1.807, 2.05) is 0 Å². The van der Waals surface area contributed by atoms with Crippen molar-refractivity contribution in [2.24, 2.45) is 5.18 Å². The first-order chi connectivity index (χ1) is 3.41. The summed E-state index contributed by atoms with van der Waals surface area (Å²) in [7, 11) is 0. The normalized spacial score (nSPS) is 8.71. The molecule has 7 heavy (non-hydrogen) atoms. The molecule has 0 rings (SSSR count). The second-order valence-electron chi connectivity index (χ2n) is 0.890. The minimum absolute atomic E-state index is 0.223. The summed E-state index contributed by atoms with van der Waals surface area (Å²) in [6.07, 6.45) is 0. The molecule has 0 fully saturated rings. The molecule has 42 valence electrons. The third kappa shape index (κ3) is 5.91. The summed E-state index contributed by atoms with van der Waals surface area (Å²) in [6, 6.07) is 0. The van der Waals surface area contributed by atoms with Crippen molar-refractivity contribution >= 4 is 12.6 Å². The highest BCUT2D eigenvalue weighted by Crippen LogP contribution is 1.76. The van der Waals surface area contributed by atoms with Crippen molar-refractivity contribution in [1.82, 2.24) is 0 Å². The Morgan fingerprint density at radius 1 is 1.71 bits per heavy atom. The fourth-order valence-electron chi connectivity index (χ4n) is 0.166. The first-order valence-corrected chi connectivity index (χ1v) is 2.52. The Hall–Kier alpha value is -0.0900. The van der Waals surface area contributed by atoms with Gasteiger partial charge in [0.25, 0.3) is 0 Å². The fraction of sp³-hybridized carbons (Fsp3) is 1.00. The monoisotopic (exact) mass is 121 g/mol. The maximum absolute atomic E-state index is 9.32. The highest BCUT2D eigenvalue weighted by molar-refractivity contribution is 7.80. The standard InChI is InChI=1S/C3H7NO2S/c5-4-1-2-6-3-7/h7H,1-3H2. The topological polar surface area (TPSA) is 38.7 Å². The van der Waals surface area contributed by atoms with Crippen LogP contribution < -0.4 is 0 Å². The summed E-state index contributed by atoms with van der Waals surface area (Å²) < 4.78 is 4.64. The van der Waals surface area contributed by atoms with Crippen molar-refractivity contribution in [2.45, 2.75) is 0 Å². The predicted octanol–water partition coefficient (Wildman–Crippen LogP) is 0.657. The Bertz CT molecular complexity index is 50.2. The molecule has 0 aliphatic carbocycles. The lowest BCUT2D eigenvalue weighted by Crippen LogP contribution is -1.93. The molecular formula is C3H7NO2S. The van der Waals surface area contributed by atoms with Crippen LogP contribution in [0.25, 0.3) is 0 Å². The van der Waals surface area contributed by atoms with Crippen LogP contribution in [0.15, 0.2) is 5.18 Å². The maximum Gasteiger partial charge on any atom is 0.104 e. The van der Waals surface area contributed by atoms with E-state index in [1.165, 1.54) is 0 Å². The molecule has 4 heteroatoms. The van der Waals surface area contributed by atoms with E-state index in [4.69, 9.17) is 0 Å². The minimum Gasteiger partial charge on any atom is -0.369 e. The quantitative estimate of drug-likeness (QED) is 0.257. The van der Waals surface area contributed by atoms with Crippen LogP contribution >= 0.6 is 12.6 Å². The third-order valence-corrected chi connectivity index (χ3v) is 0.601. The van der Waals surface area contributed by atoms with Crippen LogP contribution in [0.4, 0.5) is 0 Å². The van der Waals surface area contributed by atoms with E-state index in [2.05, 4.69) is 22.5 Å². The van der Waals surface area contributed by atoms with Crippen LogP contribution in [-0.4, -0.2) is 19.1 Å². The lowest BCUT2D eigenvalue weighted by Gasteiger charge is -1.89. The van der Waals surface area contributed by atoms with Crippen molar-refractivity contribution in [3.05, 3.63) is 4.91 Å². The summed E-state index contributed by atoms with van der Waals surface area (Å²) in [4.78, 5) is 9.32. The zero-order valence-electron chi connectivity index (χ0n) is 3.83. The maximum atomic E-state index is 9.32. The Kier molecular flexibility index (Phi) is 5.83. The van der Waals surface area contributed by atoms with Crippen LogP contribution in [0.3, 0.4) is 0 Å². The van der Waals surface area contributed by atoms with Gasteiger partial charge in [-0.2, -0.15) is 17.5 Å². The predicted molar refractivity (Wildman–Crippen MR) is 30.5 cm³/mol. The Morgan fingerprint density at radius 3 is 2.86 bits per heavy atom. The number of rotatable bonds is 4. The molecule has 3 nitrogen and oxygen atoms in total. The molecule has 0 atom stereocenters. The Labute approximate surface area is 47.4 Å². The van der Waals surface area contributed by atoms with E-state index in [0.29, 0.717) is 12.5 Å². The van der Waals surface area contributed by atoms with Crippen LogP contribution in [0.5, 0.6) is 0 Å². The van der Waals surface area contributed by atoms with Crippen LogP contribution in [0.1, 0.15) is 0 Å². The molecule has 0 saturated carbocycles. The zero-order valence-corrected chi connectivity index (χ0v) is 4.73. The van der Waals surface area contributed by atoms with Gasteiger partial charge >= 0.3 is 0 Å². The van der Waals surface area contributed by atoms with Crippen LogP contribution in [0.2, 0.25) is 0 Å². The summed E-state index contributed by atoms with van der Waals surface area (Å²) in [6.45, 7) is 0.605. The van der Waals surface area contributed by atoms with Gasteiger partial charge in [-0.05, 0) is 0 Å². The lowest BCUT2D eigenvalue weighted by molar-refractivity contribution is 0.193. The van der Waals surface area contributed by atoms with Gasteiger partial charge in [0.05, 0.1) is 12.5 Å². The van der Waals surface area contributed by atoms with Crippen molar-refractivity contribution in [1.29, 1.82) is 0 Å². The van der Waals surface area contributed by atoms with Gasteiger partial charge in [0.15, 0.2) is 0 Å². The SMILES string of the molecule is O=NCCOCS. The van der Waals surface area contributed by atoms with E-state index in [0.717, 1.165) is 0 Å². The average Bonchev–Trinajstić information content (AvgIpc) is 1.69. The van der Waals surface area contributed by atoms with E-state index in [-0.39, 0.29) is 6.54 Å². The molecule has 0 aliphatic rings. The van der Waals surface area contributed by atoms with E-state index in [1.54, 1.807) is 0 Å². The second kappa shape index (κ2) is 5.91. The molecule has 0 aromatic rings. The molecule has 0 aromatic heterocycles. The van der Waals surface area contributed by atoms with Crippen molar-refractivity contribution < 1.29 is 4.74 Å². The molecule has 0 amide bonds. The van der Waals surface area contributed by atoms with Gasteiger partial charge < -0.3 is 4.74 Å². The number of thiol groups is 1. The molecule has 0 N–H and O–H groups in total. The highest BCUT2D eigenvalue weighted by atomic mass is 32.1. The second-order valence-corrected chi connectivity index (χ2v) is 1.15. The molecule has 0 heterocycles. The molecule has 0 radical (unpaired) electrons. The highest BCUT2D eigenvalue weighted by Gasteiger charge is 1.79. The lowest BCUT2D eigenvalue weighted by atomic mass is 10.7. The molecule has 0 spiro atoms. The average molecular weight is 121 g/mol. The van der Waals surface area contributed by atoms with Gasteiger partial charge in [-0.15, -0.1) is 0 Å².